The van der Waals surface area contributed by atoms with E-state index in [2.05, 4.69) is 12.1 Å². The number of carbonyl (C=O) groups excluding carboxylic acids is 2. The van der Waals surface area contributed by atoms with Gasteiger partial charge in [0, 0.05) is 22.6 Å². The van der Waals surface area contributed by atoms with E-state index in [0.717, 1.165) is 27.3 Å². The van der Waals surface area contributed by atoms with Gasteiger partial charge in [0.05, 0.1) is 6.04 Å². The summed E-state index contributed by atoms with van der Waals surface area (Å²) in [7, 11) is 0. The summed E-state index contributed by atoms with van der Waals surface area (Å²) in [4.78, 5) is 27.6. The number of benzene rings is 3. The average Bonchev–Trinajstić information content (AvgIpc) is 2.93. The fourth-order valence-corrected chi connectivity index (χ4v) is 5.85. The summed E-state index contributed by atoms with van der Waals surface area (Å²) in [5, 5.41) is 11.0. The third kappa shape index (κ3) is 6.55. The first kappa shape index (κ1) is 27.7. The molecule has 1 heterocycles. The highest BCUT2D eigenvalue weighted by molar-refractivity contribution is 7.99. The molecule has 198 valence electrons. The third-order valence-corrected chi connectivity index (χ3v) is 7.92. The lowest BCUT2D eigenvalue weighted by molar-refractivity contribution is -0.143. The summed E-state index contributed by atoms with van der Waals surface area (Å²) in [5.74, 6) is 0.198. The number of rotatable bonds is 11. The molecular weight excluding hydrogens is 494 g/mol. The van der Waals surface area contributed by atoms with Gasteiger partial charge in [0.2, 0.25) is 0 Å². The number of aliphatic hydroxyl groups excluding tert-OH is 1. The number of carbonyl (C=O) groups is 2. The number of ketones is 1. The van der Waals surface area contributed by atoms with Crippen molar-refractivity contribution >= 4 is 29.1 Å². The quantitative estimate of drug-likeness (QED) is 0.171. The second-order valence-corrected chi connectivity index (χ2v) is 10.7. The van der Waals surface area contributed by atoms with Gasteiger partial charge in [-0.2, -0.15) is 0 Å². The molecule has 0 aromatic heterocycles. The van der Waals surface area contributed by atoms with Crippen LogP contribution in [0.1, 0.15) is 59.3 Å². The number of thioether (sulfide) groups is 1. The van der Waals surface area contributed by atoms with Crippen LogP contribution in [0.2, 0.25) is 0 Å². The molecule has 0 radical (unpaired) electrons. The number of Topliss-reactive ketones (excluding diaryl/α,β-unsaturated/α-hetero) is 1. The lowest BCUT2D eigenvalue weighted by atomic mass is 9.85. The lowest BCUT2D eigenvalue weighted by Gasteiger charge is -2.27. The predicted molar refractivity (Wildman–Crippen MR) is 153 cm³/mol. The van der Waals surface area contributed by atoms with Gasteiger partial charge in [-0.3, -0.25) is 4.79 Å². The molecule has 38 heavy (non-hydrogen) atoms. The van der Waals surface area contributed by atoms with Crippen molar-refractivity contribution in [1.82, 2.24) is 0 Å². The lowest BCUT2D eigenvalue weighted by Crippen LogP contribution is -2.33. The monoisotopic (exact) mass is 529 g/mol. The Bertz CT molecular complexity index is 1280. The molecule has 3 aromatic rings. The van der Waals surface area contributed by atoms with Crippen LogP contribution in [0.3, 0.4) is 0 Å². The van der Waals surface area contributed by atoms with Gasteiger partial charge in [0.15, 0.2) is 5.78 Å². The minimum absolute atomic E-state index is 0.0558. The van der Waals surface area contributed by atoms with E-state index in [1.807, 2.05) is 74.5 Å². The van der Waals surface area contributed by atoms with Gasteiger partial charge in [-0.15, -0.1) is 11.8 Å². The van der Waals surface area contributed by atoms with Crippen molar-refractivity contribution in [2.75, 3.05) is 5.75 Å². The number of hydrogen-bond donors (Lipinski definition) is 2. The van der Waals surface area contributed by atoms with Gasteiger partial charge >= 0.3 is 5.97 Å². The van der Waals surface area contributed by atoms with E-state index in [4.69, 9.17) is 10.5 Å². The molecule has 4 rings (SSSR count). The first-order valence-corrected chi connectivity index (χ1v) is 14.2. The number of hydrogen-bond acceptors (Lipinski definition) is 6. The van der Waals surface area contributed by atoms with Crippen LogP contribution >= 0.6 is 11.8 Å². The highest BCUT2D eigenvalue weighted by Crippen LogP contribution is 2.35. The maximum atomic E-state index is 13.3. The van der Waals surface area contributed by atoms with Gasteiger partial charge in [-0.05, 0) is 72.2 Å². The Hall–Kier alpha value is -3.35. The van der Waals surface area contributed by atoms with Crippen LogP contribution in [0.4, 0.5) is 0 Å². The SMILES string of the molecule is CCc1cc(C(=O)[C@@H](N)Cc2ccccc2)cc(CC)c1C1=C(O)CC(CCSc2ccccc2)OC1=O. The van der Waals surface area contributed by atoms with E-state index in [0.29, 0.717) is 36.8 Å². The average molecular weight is 530 g/mol. The summed E-state index contributed by atoms with van der Waals surface area (Å²) >= 11 is 1.70. The van der Waals surface area contributed by atoms with Crippen LogP contribution in [-0.2, 0) is 28.8 Å². The van der Waals surface area contributed by atoms with E-state index >= 15 is 0 Å². The van der Waals surface area contributed by atoms with Crippen LogP contribution in [-0.4, -0.2) is 34.8 Å². The zero-order valence-corrected chi connectivity index (χ0v) is 22.8. The van der Waals surface area contributed by atoms with Crippen molar-refractivity contribution in [3.05, 3.63) is 106 Å². The van der Waals surface area contributed by atoms with Crippen molar-refractivity contribution in [3.8, 4) is 0 Å². The van der Waals surface area contributed by atoms with Gasteiger partial charge < -0.3 is 15.6 Å². The highest BCUT2D eigenvalue weighted by Gasteiger charge is 2.33. The zero-order valence-electron chi connectivity index (χ0n) is 22.0. The van der Waals surface area contributed by atoms with Crippen molar-refractivity contribution in [1.29, 1.82) is 0 Å². The smallest absolute Gasteiger partial charge is 0.342 e. The van der Waals surface area contributed by atoms with Crippen LogP contribution in [0.5, 0.6) is 0 Å². The van der Waals surface area contributed by atoms with Crippen LogP contribution in [0.15, 0.2) is 83.5 Å². The molecule has 3 N–H and O–H groups in total. The van der Waals surface area contributed by atoms with Crippen molar-refractivity contribution in [3.63, 3.8) is 0 Å². The topological polar surface area (TPSA) is 89.6 Å². The molecule has 0 saturated carbocycles. The number of aryl methyl sites for hydroxylation is 2. The fourth-order valence-electron chi connectivity index (χ4n) is 4.88. The standard InChI is InChI=1S/C32H35NO4S/c1-3-22-18-24(31(35)27(33)17-21-11-7-5-8-12-21)19-23(4-2)29(22)30-28(34)20-25(37-32(30)36)15-16-38-26-13-9-6-10-14-26/h5-14,18-19,25,27,34H,3-4,15-17,20,33H2,1-2H3/t25?,27-/m0/s1. The van der Waals surface area contributed by atoms with E-state index in [-0.39, 0.29) is 29.6 Å². The van der Waals surface area contributed by atoms with Gasteiger partial charge in [-0.25, -0.2) is 4.79 Å². The molecule has 2 atom stereocenters. The number of aliphatic hydroxyl groups is 1. The zero-order chi connectivity index (χ0) is 27.1. The fraction of sp³-hybridized carbons (Fsp3) is 0.312. The van der Waals surface area contributed by atoms with Crippen molar-refractivity contribution in [2.45, 2.75) is 63.0 Å². The molecule has 0 amide bonds. The molecule has 0 aliphatic carbocycles. The summed E-state index contributed by atoms with van der Waals surface area (Å²) in [6.07, 6.45) is 2.21. The molecule has 0 saturated heterocycles. The molecule has 0 fully saturated rings. The second kappa shape index (κ2) is 12.9. The van der Waals surface area contributed by atoms with Gasteiger partial charge in [-0.1, -0.05) is 62.4 Å². The van der Waals surface area contributed by atoms with Gasteiger partial charge in [0.25, 0.3) is 0 Å². The number of esters is 1. The molecule has 1 aliphatic rings. The van der Waals surface area contributed by atoms with Crippen molar-refractivity contribution < 1.29 is 19.4 Å². The van der Waals surface area contributed by atoms with Crippen molar-refractivity contribution in [2.24, 2.45) is 5.73 Å². The first-order valence-electron chi connectivity index (χ1n) is 13.2. The molecule has 6 heteroatoms. The molecule has 0 spiro atoms. The Morgan fingerprint density at radius 3 is 2.21 bits per heavy atom. The maximum Gasteiger partial charge on any atom is 0.342 e. The largest absolute Gasteiger partial charge is 0.511 e. The summed E-state index contributed by atoms with van der Waals surface area (Å²) in [5.41, 5.74) is 10.4. The molecular formula is C32H35NO4S. The van der Waals surface area contributed by atoms with E-state index < -0.39 is 12.0 Å². The number of cyclic esters (lactones) is 1. The molecule has 5 nitrogen and oxygen atoms in total. The Balaban J connectivity index is 1.54. The third-order valence-electron chi connectivity index (χ3n) is 6.87. The molecule has 1 unspecified atom stereocenters. The Kier molecular flexibility index (Phi) is 9.43. The van der Waals surface area contributed by atoms with Crippen LogP contribution in [0.25, 0.3) is 5.57 Å². The summed E-state index contributed by atoms with van der Waals surface area (Å²) < 4.78 is 5.79. The normalized spacial score (nSPS) is 16.3. The van der Waals surface area contributed by atoms with Gasteiger partial charge in [0.1, 0.15) is 17.4 Å². The Morgan fingerprint density at radius 1 is 1.03 bits per heavy atom. The predicted octanol–water partition coefficient (Wildman–Crippen LogP) is 6.33. The summed E-state index contributed by atoms with van der Waals surface area (Å²) in [6.45, 7) is 3.96. The molecule has 3 aromatic carbocycles. The van der Waals surface area contributed by atoms with Crippen LogP contribution < -0.4 is 5.73 Å². The minimum atomic E-state index is -0.667. The highest BCUT2D eigenvalue weighted by atomic mass is 32.2. The van der Waals surface area contributed by atoms with Crippen LogP contribution in [0, 0.1) is 0 Å². The molecule has 1 aliphatic heterocycles. The minimum Gasteiger partial charge on any atom is -0.511 e. The molecule has 0 bridgehead atoms. The maximum absolute atomic E-state index is 13.3. The number of nitrogens with two attached hydrogens (primary N) is 1. The second-order valence-electron chi connectivity index (χ2n) is 9.54. The van der Waals surface area contributed by atoms with E-state index in [1.165, 1.54) is 0 Å². The summed E-state index contributed by atoms with van der Waals surface area (Å²) in [6, 6.07) is 22.8. The number of ether oxygens (including phenoxy) is 1. The van der Waals surface area contributed by atoms with E-state index in [9.17, 15) is 14.7 Å². The Morgan fingerprint density at radius 2 is 1.63 bits per heavy atom. The Labute approximate surface area is 229 Å². The first-order chi connectivity index (χ1) is 18.4. The van der Waals surface area contributed by atoms with E-state index in [1.54, 1.807) is 11.8 Å².